The lowest BCUT2D eigenvalue weighted by molar-refractivity contribution is -0.0206. The van der Waals surface area contributed by atoms with Gasteiger partial charge in [0.1, 0.15) is 12.2 Å². The normalized spacial score (nSPS) is 48.7. The first kappa shape index (κ1) is 9.72. The molecule has 0 unspecified atom stereocenters. The first-order valence-corrected chi connectivity index (χ1v) is 8.11. The first-order valence-electron chi connectivity index (χ1n) is 12.6. The minimum atomic E-state index is -3.23. The van der Waals surface area contributed by atoms with Crippen molar-refractivity contribution in [1.82, 2.24) is 0 Å². The topological polar surface area (TPSA) is 36.9 Å². The molecule has 0 radical (unpaired) electrons. The number of benzene rings is 1. The van der Waals surface area contributed by atoms with Gasteiger partial charge in [-0.15, -0.1) is 0 Å². The molecule has 1 aromatic rings. The molecule has 0 N–H and O–H groups in total. The Morgan fingerprint density at radius 1 is 1.24 bits per heavy atom. The Labute approximate surface area is 161 Å². The molecule has 0 spiro atoms. The van der Waals surface area contributed by atoms with E-state index in [0.29, 0.717) is 0 Å². The second-order valence-corrected chi connectivity index (χ2v) is 7.29. The van der Waals surface area contributed by atoms with Crippen LogP contribution in [0.15, 0.2) is 18.2 Å². The summed E-state index contributed by atoms with van der Waals surface area (Å²) in [6.45, 7) is 6.08. The zero-order valence-electron chi connectivity index (χ0n) is 23.5. The SMILES string of the molecule is [2H]C1([2H])C([2H])([2H])C2(COc3cccc(B4OC(C)(C)C(C)(C)O4)c3F)OC1([2H])C([2H])([2H])C2([2H])[2H]. The molecule has 0 aliphatic carbocycles. The van der Waals surface area contributed by atoms with Crippen LogP contribution >= 0.6 is 0 Å². The van der Waals surface area contributed by atoms with Crippen LogP contribution in [0.3, 0.4) is 0 Å². The van der Waals surface area contributed by atoms with E-state index >= 15 is 4.39 Å². The van der Waals surface area contributed by atoms with E-state index in [4.69, 9.17) is 31.1 Å². The van der Waals surface area contributed by atoms with Crippen LogP contribution in [0, 0.1) is 5.82 Å². The van der Waals surface area contributed by atoms with Crippen LogP contribution < -0.4 is 10.2 Å². The van der Waals surface area contributed by atoms with Gasteiger partial charge in [-0.2, -0.15) is 0 Å². The molecule has 136 valence electrons. The van der Waals surface area contributed by atoms with Crippen molar-refractivity contribution in [2.45, 2.75) is 76.1 Å². The molecule has 3 heterocycles. The third-order valence-electron chi connectivity index (χ3n) is 4.96. The molecular weight excluding hydrogens is 322 g/mol. The highest BCUT2D eigenvalue weighted by Gasteiger charge is 2.52. The number of halogens is 1. The Balaban J connectivity index is 1.69. The number of fused-ring (bicyclic) bond motifs is 2. The minimum Gasteiger partial charge on any atom is -0.488 e. The molecular formula is C19H26BFO4. The van der Waals surface area contributed by atoms with Crippen LogP contribution in [0.25, 0.3) is 0 Å². The summed E-state index contributed by atoms with van der Waals surface area (Å²) in [5, 5.41) is 0. The quantitative estimate of drug-likeness (QED) is 0.776. The third-order valence-corrected chi connectivity index (χ3v) is 4.96. The average Bonchev–Trinajstić information content (AvgIpc) is 3.03. The molecule has 1 aromatic carbocycles. The predicted octanol–water partition coefficient (Wildman–Crippen LogP) is 3.22. The van der Waals surface area contributed by atoms with Crippen molar-refractivity contribution in [2.24, 2.45) is 0 Å². The summed E-state index contributed by atoms with van der Waals surface area (Å²) in [7, 11) is -1.08. The highest BCUT2D eigenvalue weighted by atomic mass is 19.1. The molecule has 4 rings (SSSR count). The van der Waals surface area contributed by atoms with E-state index in [-0.39, 0.29) is 5.46 Å². The highest BCUT2D eigenvalue weighted by Crippen LogP contribution is 2.44. The van der Waals surface area contributed by atoms with Crippen LogP contribution in [0.5, 0.6) is 5.75 Å². The average molecular weight is 357 g/mol. The van der Waals surface area contributed by atoms with Crippen LogP contribution in [0.1, 0.15) is 65.5 Å². The first-order chi connectivity index (χ1) is 15.1. The third kappa shape index (κ3) is 2.88. The van der Waals surface area contributed by atoms with Gasteiger partial charge >= 0.3 is 7.12 Å². The van der Waals surface area contributed by atoms with Crippen molar-refractivity contribution in [1.29, 1.82) is 0 Å². The summed E-state index contributed by atoms with van der Waals surface area (Å²) in [4.78, 5) is 0. The van der Waals surface area contributed by atoms with Crippen LogP contribution in [-0.4, -0.2) is 36.6 Å². The maximum absolute atomic E-state index is 15.4. The van der Waals surface area contributed by atoms with E-state index in [1.165, 1.54) is 18.2 Å². The summed E-state index contributed by atoms with van der Waals surface area (Å²) in [6, 6.07) is 4.04. The van der Waals surface area contributed by atoms with Crippen molar-refractivity contribution >= 4 is 12.6 Å². The van der Waals surface area contributed by atoms with E-state index in [1.807, 2.05) is 0 Å². The van der Waals surface area contributed by atoms with Gasteiger partial charge in [-0.1, -0.05) is 12.1 Å². The molecule has 3 saturated heterocycles. The van der Waals surface area contributed by atoms with Gasteiger partial charge in [0.15, 0.2) is 11.6 Å². The van der Waals surface area contributed by atoms with Crippen molar-refractivity contribution in [3.05, 3.63) is 24.0 Å². The largest absolute Gasteiger partial charge is 0.497 e. The van der Waals surface area contributed by atoms with Gasteiger partial charge in [-0.05, 0) is 59.3 Å². The van der Waals surface area contributed by atoms with E-state index < -0.39 is 73.7 Å². The summed E-state index contributed by atoms with van der Waals surface area (Å²) < 4.78 is 112. The molecule has 3 aliphatic heterocycles. The molecule has 25 heavy (non-hydrogen) atoms. The summed E-state index contributed by atoms with van der Waals surface area (Å²) in [5.74, 6) is -1.36. The molecule has 0 saturated carbocycles. The molecule has 2 bridgehead atoms. The number of hydrogen-bond donors (Lipinski definition) is 0. The lowest BCUT2D eigenvalue weighted by Gasteiger charge is -2.32. The fourth-order valence-electron chi connectivity index (χ4n) is 2.73. The molecule has 6 heteroatoms. The monoisotopic (exact) mass is 357 g/mol. The van der Waals surface area contributed by atoms with E-state index in [2.05, 4.69) is 0 Å². The fraction of sp³-hybridized carbons (Fsp3) is 0.684. The standard InChI is InChI=1S/C19H26BFO4/c1-17(2)18(3,4)25-20(24-17)14-6-5-7-15(16(14)21)22-12-19-10-8-13(23-19)9-11-19/h5-7,13H,8-12H2,1-4H3/i8D2,9D2,10D2,11D2,13D. The smallest absolute Gasteiger partial charge is 0.488 e. The van der Waals surface area contributed by atoms with E-state index in [0.717, 1.165) is 0 Å². The predicted molar refractivity (Wildman–Crippen MR) is 93.7 cm³/mol. The number of ether oxygens (including phenoxy) is 2. The van der Waals surface area contributed by atoms with Gasteiger partial charge in [0.2, 0.25) is 0 Å². The Kier molecular flexibility index (Phi) is 2.22. The maximum Gasteiger partial charge on any atom is 0.497 e. The van der Waals surface area contributed by atoms with Gasteiger partial charge < -0.3 is 18.8 Å². The van der Waals surface area contributed by atoms with Gasteiger partial charge in [0.25, 0.3) is 0 Å². The Hall–Kier alpha value is -1.11. The van der Waals surface area contributed by atoms with E-state index in [1.54, 1.807) is 27.7 Å². The molecule has 0 amide bonds. The van der Waals surface area contributed by atoms with E-state index in [9.17, 15) is 0 Å². The zero-order chi connectivity index (χ0) is 26.0. The molecule has 4 nitrogen and oxygen atoms in total. The zero-order valence-corrected chi connectivity index (χ0v) is 14.5. The summed E-state index contributed by atoms with van der Waals surface area (Å²) in [5.41, 5.74) is -4.38. The lowest BCUT2D eigenvalue weighted by Crippen LogP contribution is -2.41. The fourth-order valence-corrected chi connectivity index (χ4v) is 2.73. The Bertz CT molecular complexity index is 989. The molecule has 0 aromatic heterocycles. The van der Waals surface area contributed by atoms with Crippen LogP contribution in [0.2, 0.25) is 0 Å². The molecule has 3 aliphatic rings. The van der Waals surface area contributed by atoms with Crippen molar-refractivity contribution in [3.8, 4) is 5.75 Å². The summed E-state index contributed by atoms with van der Waals surface area (Å²) >= 11 is 0. The second kappa shape index (κ2) is 5.70. The van der Waals surface area contributed by atoms with Gasteiger partial charge in [-0.3, -0.25) is 0 Å². The van der Waals surface area contributed by atoms with Crippen molar-refractivity contribution in [3.63, 3.8) is 0 Å². The molecule has 3 fully saturated rings. The van der Waals surface area contributed by atoms with Gasteiger partial charge in [0.05, 0.1) is 18.7 Å². The number of hydrogen-bond acceptors (Lipinski definition) is 4. The van der Waals surface area contributed by atoms with Gasteiger partial charge in [-0.25, -0.2) is 4.39 Å². The van der Waals surface area contributed by atoms with Gasteiger partial charge in [0, 0.05) is 16.4 Å². The Morgan fingerprint density at radius 3 is 2.52 bits per heavy atom. The van der Waals surface area contributed by atoms with Crippen molar-refractivity contribution in [2.75, 3.05) is 6.61 Å². The highest BCUT2D eigenvalue weighted by molar-refractivity contribution is 6.62. The molecule has 0 atom stereocenters. The van der Waals surface area contributed by atoms with Crippen molar-refractivity contribution < 1.29 is 35.5 Å². The van der Waals surface area contributed by atoms with Crippen LogP contribution in [0.4, 0.5) is 4.39 Å². The minimum absolute atomic E-state index is 0.0149. The lowest BCUT2D eigenvalue weighted by atomic mass is 9.78. The van der Waals surface area contributed by atoms with Crippen LogP contribution in [-0.2, 0) is 14.0 Å². The second-order valence-electron chi connectivity index (χ2n) is 7.29. The Morgan fingerprint density at radius 2 is 1.88 bits per heavy atom. The summed E-state index contributed by atoms with van der Waals surface area (Å²) in [6.07, 6.45) is -16.0. The number of rotatable bonds is 4. The maximum atomic E-state index is 15.4.